The lowest BCUT2D eigenvalue weighted by molar-refractivity contribution is -0.139. The smallest absolute Gasteiger partial charge is 0.420 e. The van der Waals surface area contributed by atoms with E-state index in [1.54, 1.807) is 0 Å². The molecule has 2 aromatic rings. The zero-order chi connectivity index (χ0) is 32.2. The number of allylic oxidation sites excluding steroid dienone is 1. The van der Waals surface area contributed by atoms with E-state index in [1.165, 1.54) is 18.5 Å². The quantitative estimate of drug-likeness (QED) is 0.399. The fourth-order valence-corrected chi connectivity index (χ4v) is 4.37. The lowest BCUT2D eigenvalue weighted by Gasteiger charge is -2.33. The van der Waals surface area contributed by atoms with Gasteiger partial charge in [0.2, 0.25) is 5.96 Å². The predicted molar refractivity (Wildman–Crippen MR) is 155 cm³/mol. The van der Waals surface area contributed by atoms with Crippen LogP contribution in [0.3, 0.4) is 0 Å². The molecular formula is C28H28F6N8O2. The second-order valence-electron chi connectivity index (χ2n) is 9.67. The van der Waals surface area contributed by atoms with E-state index in [1.807, 2.05) is 11.9 Å². The summed E-state index contributed by atoms with van der Waals surface area (Å²) in [6, 6.07) is 5.26. The molecule has 234 valence electrons. The first-order valence-electron chi connectivity index (χ1n) is 13.0. The minimum absolute atomic E-state index is 0.00489. The highest BCUT2D eigenvalue weighted by atomic mass is 19.4. The number of anilines is 2. The Kier molecular flexibility index (Phi) is 9.32. The number of nitrogens with zero attached hydrogens (tertiary/aromatic N) is 5. The Morgan fingerprint density at radius 1 is 1.02 bits per heavy atom. The van der Waals surface area contributed by atoms with Crippen molar-refractivity contribution in [3.63, 3.8) is 0 Å². The van der Waals surface area contributed by atoms with Crippen molar-refractivity contribution < 1.29 is 35.9 Å². The average Bonchev–Trinajstić information content (AvgIpc) is 2.97. The molecule has 1 saturated heterocycles. The molecule has 2 heterocycles. The Labute approximate surface area is 248 Å². The van der Waals surface area contributed by atoms with Crippen molar-refractivity contribution in [2.45, 2.75) is 12.4 Å². The number of nitrogens with two attached hydrogens (primary N) is 1. The van der Waals surface area contributed by atoms with Gasteiger partial charge in [-0.25, -0.2) is 9.98 Å². The van der Waals surface area contributed by atoms with Crippen molar-refractivity contribution in [3.05, 3.63) is 77.4 Å². The topological polar surface area (TPSA) is 120 Å². The second kappa shape index (κ2) is 12.8. The monoisotopic (exact) mass is 622 g/mol. The van der Waals surface area contributed by atoms with E-state index >= 15 is 0 Å². The molecule has 10 nitrogen and oxygen atoms in total. The summed E-state index contributed by atoms with van der Waals surface area (Å²) < 4.78 is 86.9. The first kappa shape index (κ1) is 32.1. The number of methoxy groups -OCH3 is 1. The summed E-state index contributed by atoms with van der Waals surface area (Å²) in [4.78, 5) is 29.8. The molecule has 44 heavy (non-hydrogen) atoms. The van der Waals surface area contributed by atoms with E-state index in [2.05, 4.69) is 37.1 Å². The largest absolute Gasteiger partial charge is 0.496 e. The number of piperazine rings is 1. The molecule has 4 N–H and O–H groups in total. The molecule has 0 spiro atoms. The molecule has 0 atom stereocenters. The normalized spacial score (nSPS) is 18.1. The zero-order valence-electron chi connectivity index (χ0n) is 23.6. The Morgan fingerprint density at radius 2 is 1.70 bits per heavy atom. The molecule has 0 unspecified atom stereocenters. The fraction of sp³-hybridized carbons (Fsp3) is 0.286. The van der Waals surface area contributed by atoms with Gasteiger partial charge in [-0.3, -0.25) is 9.79 Å². The number of benzene rings is 2. The van der Waals surface area contributed by atoms with Crippen LogP contribution in [0.2, 0.25) is 0 Å². The third-order valence-electron chi connectivity index (χ3n) is 6.65. The number of likely N-dealkylation sites (N-methyl/N-ethyl adjacent to an activating group) is 1. The van der Waals surface area contributed by atoms with Gasteiger partial charge in [-0.15, -0.1) is 0 Å². The number of alkyl halides is 6. The van der Waals surface area contributed by atoms with Crippen molar-refractivity contribution in [1.29, 1.82) is 0 Å². The van der Waals surface area contributed by atoms with Crippen molar-refractivity contribution in [3.8, 4) is 5.75 Å². The Balaban J connectivity index is 1.69. The van der Waals surface area contributed by atoms with Crippen molar-refractivity contribution >= 4 is 35.2 Å². The summed E-state index contributed by atoms with van der Waals surface area (Å²) >= 11 is 0. The highest BCUT2D eigenvalue weighted by molar-refractivity contribution is 6.41. The van der Waals surface area contributed by atoms with Gasteiger partial charge in [-0.1, -0.05) is 6.58 Å². The molecule has 0 aliphatic carbocycles. The molecule has 0 bridgehead atoms. The summed E-state index contributed by atoms with van der Waals surface area (Å²) in [5.41, 5.74) is 2.91. The van der Waals surface area contributed by atoms with Gasteiger partial charge in [-0.2, -0.15) is 26.3 Å². The van der Waals surface area contributed by atoms with Crippen LogP contribution >= 0.6 is 0 Å². The maximum Gasteiger partial charge on any atom is 0.420 e. The number of amides is 1. The molecule has 16 heteroatoms. The number of hydrogen-bond donors (Lipinski definition) is 3. The van der Waals surface area contributed by atoms with Crippen LogP contribution in [-0.2, 0) is 12.4 Å². The minimum Gasteiger partial charge on any atom is -0.496 e. The van der Waals surface area contributed by atoms with E-state index < -0.39 is 40.8 Å². The van der Waals surface area contributed by atoms with E-state index in [9.17, 15) is 31.1 Å². The molecule has 2 aromatic carbocycles. The molecule has 2 aliphatic heterocycles. The Bertz CT molecular complexity index is 1550. The number of hydrogen-bond acceptors (Lipinski definition) is 9. The highest BCUT2D eigenvalue weighted by Crippen LogP contribution is 2.38. The number of nitrogens with one attached hydrogen (secondary N) is 2. The summed E-state index contributed by atoms with van der Waals surface area (Å²) in [6.45, 7) is 6.23. The van der Waals surface area contributed by atoms with Crippen LogP contribution in [-0.4, -0.2) is 73.9 Å². The standard InChI is InChI=1S/C28H28F6N8O2/c1-4-36-21-15-37-26(42-11-9-41(2)10-12-42)40-23(21)24(35)39-20-13-16(5-7-18(20)27(29,30)31)25(43)38-17-6-8-22(44-3)19(14-17)28(32,33)34/h4-8,13-15,39H,1,9-12,35H2,2-3H3,(H,38,43)/b24-23-,36-21-. The molecule has 0 saturated carbocycles. The number of carbonyl (C=O) groups excluding carboxylic acids is 1. The van der Waals surface area contributed by atoms with Gasteiger partial charge in [0, 0.05) is 43.6 Å². The lowest BCUT2D eigenvalue weighted by Crippen LogP contribution is -2.47. The van der Waals surface area contributed by atoms with Crippen LogP contribution in [0.4, 0.5) is 37.7 Å². The van der Waals surface area contributed by atoms with Crippen molar-refractivity contribution in [2.75, 3.05) is 51.0 Å². The third-order valence-corrected chi connectivity index (χ3v) is 6.65. The van der Waals surface area contributed by atoms with Crippen LogP contribution in [0.15, 0.2) is 75.7 Å². The van der Waals surface area contributed by atoms with Gasteiger partial charge in [0.25, 0.3) is 5.91 Å². The molecule has 0 radical (unpaired) electrons. The van der Waals surface area contributed by atoms with E-state index in [0.717, 1.165) is 38.4 Å². The van der Waals surface area contributed by atoms with Gasteiger partial charge in [-0.05, 0) is 43.4 Å². The molecular weight excluding hydrogens is 594 g/mol. The molecule has 2 aliphatic rings. The summed E-state index contributed by atoms with van der Waals surface area (Å²) in [7, 11) is 3.03. The number of carbonyl (C=O) groups is 1. The van der Waals surface area contributed by atoms with Crippen molar-refractivity contribution in [1.82, 2.24) is 9.80 Å². The van der Waals surface area contributed by atoms with Gasteiger partial charge in [0.05, 0.1) is 30.1 Å². The summed E-state index contributed by atoms with van der Waals surface area (Å²) in [5, 5.41) is 4.76. The van der Waals surface area contributed by atoms with Gasteiger partial charge < -0.3 is 30.9 Å². The van der Waals surface area contributed by atoms with Gasteiger partial charge in [0.1, 0.15) is 23.0 Å². The minimum atomic E-state index is -4.86. The van der Waals surface area contributed by atoms with Crippen LogP contribution in [0.5, 0.6) is 5.75 Å². The van der Waals surface area contributed by atoms with Crippen LogP contribution < -0.4 is 21.1 Å². The van der Waals surface area contributed by atoms with Crippen LogP contribution in [0.25, 0.3) is 0 Å². The van der Waals surface area contributed by atoms with Gasteiger partial charge in [0.15, 0.2) is 0 Å². The molecule has 1 fully saturated rings. The first-order chi connectivity index (χ1) is 20.7. The number of rotatable bonds is 6. The predicted octanol–water partition coefficient (Wildman–Crippen LogP) is 4.80. The maximum atomic E-state index is 14.0. The lowest BCUT2D eigenvalue weighted by atomic mass is 10.1. The average molecular weight is 623 g/mol. The fourth-order valence-electron chi connectivity index (χ4n) is 4.37. The van der Waals surface area contributed by atoms with E-state index in [-0.39, 0.29) is 28.5 Å². The summed E-state index contributed by atoms with van der Waals surface area (Å²) in [6.07, 6.45) is -7.09. The molecule has 1 amide bonds. The van der Waals surface area contributed by atoms with Crippen LogP contribution in [0, 0.1) is 0 Å². The van der Waals surface area contributed by atoms with Crippen LogP contribution in [0.1, 0.15) is 21.5 Å². The second-order valence-corrected chi connectivity index (χ2v) is 9.67. The maximum absolute atomic E-state index is 14.0. The number of halogens is 6. The number of guanidine groups is 1. The first-order valence-corrected chi connectivity index (χ1v) is 13.0. The van der Waals surface area contributed by atoms with E-state index in [4.69, 9.17) is 10.5 Å². The zero-order valence-corrected chi connectivity index (χ0v) is 23.6. The third kappa shape index (κ3) is 7.37. The summed E-state index contributed by atoms with van der Waals surface area (Å²) in [5.74, 6) is -1.47. The highest BCUT2D eigenvalue weighted by Gasteiger charge is 2.36. The SMILES string of the molecule is C=C/N=C1/C=NC(N2CCN(C)CC2)=N/C1=C(/N)Nc1cc(C(=O)Nc2ccc(OC)c(C(F)(F)F)c2)ccc1C(F)(F)F. The van der Waals surface area contributed by atoms with E-state index in [0.29, 0.717) is 31.2 Å². The van der Waals surface area contributed by atoms with Crippen molar-refractivity contribution in [2.24, 2.45) is 20.7 Å². The Morgan fingerprint density at radius 3 is 2.32 bits per heavy atom. The number of aliphatic imine (C=N–C) groups is 3. The number of ether oxygens (including phenoxy) is 1. The Hall–Kier alpha value is -4.86. The molecule has 0 aromatic heterocycles. The molecule has 4 rings (SSSR count). The van der Waals surface area contributed by atoms with Gasteiger partial charge >= 0.3 is 12.4 Å².